The topological polar surface area (TPSA) is 80.0 Å². The molecule has 1 fully saturated rings. The molecule has 0 atom stereocenters. The number of nitrogens with zero attached hydrogens (tertiary/aromatic N) is 2. The molecule has 1 saturated carbocycles. The van der Waals surface area contributed by atoms with Crippen molar-refractivity contribution >= 4 is 5.91 Å². The maximum atomic E-state index is 11.4. The van der Waals surface area contributed by atoms with Crippen LogP contribution in [0.2, 0.25) is 0 Å². The highest BCUT2D eigenvalue weighted by molar-refractivity contribution is 5.77. The number of rotatable bonds is 7. The minimum Gasteiger partial charge on any atom is -0.354 e. The third kappa shape index (κ3) is 4.52. The molecule has 1 aromatic heterocycles. The van der Waals surface area contributed by atoms with Gasteiger partial charge in [-0.05, 0) is 32.2 Å². The lowest BCUT2D eigenvalue weighted by Crippen LogP contribution is -2.35. The Morgan fingerprint density at radius 1 is 1.53 bits per heavy atom. The fourth-order valence-corrected chi connectivity index (χ4v) is 1.52. The standard InChI is InChI=1S/C11H18N4O2/c1-8-14-11(17-15-8)4-5-13-10(16)7-12-6-9-2-3-9/h9,12H,2-7H2,1H3,(H,13,16). The Hall–Kier alpha value is -1.43. The van der Waals surface area contributed by atoms with Gasteiger partial charge in [-0.3, -0.25) is 4.79 Å². The van der Waals surface area contributed by atoms with Crippen LogP contribution >= 0.6 is 0 Å². The maximum absolute atomic E-state index is 11.4. The van der Waals surface area contributed by atoms with Gasteiger partial charge in [-0.1, -0.05) is 5.16 Å². The molecule has 17 heavy (non-hydrogen) atoms. The Morgan fingerprint density at radius 3 is 3.00 bits per heavy atom. The van der Waals surface area contributed by atoms with E-state index in [0.29, 0.717) is 31.2 Å². The van der Waals surface area contributed by atoms with Crippen molar-refractivity contribution in [2.24, 2.45) is 5.92 Å². The van der Waals surface area contributed by atoms with Gasteiger partial charge in [-0.2, -0.15) is 4.98 Å². The first-order valence-corrected chi connectivity index (χ1v) is 6.00. The molecule has 1 aliphatic carbocycles. The van der Waals surface area contributed by atoms with Gasteiger partial charge < -0.3 is 15.2 Å². The molecule has 1 aromatic rings. The number of aromatic nitrogens is 2. The number of carbonyl (C=O) groups excluding carboxylic acids is 1. The summed E-state index contributed by atoms with van der Waals surface area (Å²) in [6.45, 7) is 3.65. The van der Waals surface area contributed by atoms with Crippen molar-refractivity contribution in [2.45, 2.75) is 26.2 Å². The van der Waals surface area contributed by atoms with E-state index in [4.69, 9.17) is 4.52 Å². The molecule has 2 rings (SSSR count). The molecule has 0 saturated heterocycles. The Morgan fingerprint density at radius 2 is 2.35 bits per heavy atom. The third-order valence-corrected chi connectivity index (χ3v) is 2.65. The van der Waals surface area contributed by atoms with Crippen molar-refractivity contribution < 1.29 is 9.32 Å². The van der Waals surface area contributed by atoms with Crippen LogP contribution in [0.3, 0.4) is 0 Å². The van der Waals surface area contributed by atoms with E-state index in [2.05, 4.69) is 20.8 Å². The molecule has 0 radical (unpaired) electrons. The minimum atomic E-state index is 0.0156. The fraction of sp³-hybridized carbons (Fsp3) is 0.727. The Kier molecular flexibility index (Phi) is 4.08. The van der Waals surface area contributed by atoms with Crippen molar-refractivity contribution in [1.82, 2.24) is 20.8 Å². The smallest absolute Gasteiger partial charge is 0.233 e. The average molecular weight is 238 g/mol. The largest absolute Gasteiger partial charge is 0.354 e. The van der Waals surface area contributed by atoms with Crippen molar-refractivity contribution in [3.63, 3.8) is 0 Å². The summed E-state index contributed by atoms with van der Waals surface area (Å²) in [7, 11) is 0. The second kappa shape index (κ2) is 5.77. The van der Waals surface area contributed by atoms with Crippen LogP contribution in [0.5, 0.6) is 0 Å². The van der Waals surface area contributed by atoms with E-state index in [-0.39, 0.29) is 5.91 Å². The van der Waals surface area contributed by atoms with Crippen LogP contribution in [0.15, 0.2) is 4.52 Å². The summed E-state index contributed by atoms with van der Waals surface area (Å²) in [6.07, 6.45) is 3.17. The normalized spacial score (nSPS) is 14.9. The molecule has 1 aliphatic rings. The molecule has 1 amide bonds. The Bertz CT molecular complexity index is 373. The van der Waals surface area contributed by atoms with Crippen LogP contribution in [0.4, 0.5) is 0 Å². The van der Waals surface area contributed by atoms with E-state index < -0.39 is 0 Å². The average Bonchev–Trinajstić information content (AvgIpc) is 3.02. The highest BCUT2D eigenvalue weighted by Crippen LogP contribution is 2.27. The zero-order chi connectivity index (χ0) is 12.1. The van der Waals surface area contributed by atoms with E-state index in [9.17, 15) is 4.79 Å². The van der Waals surface area contributed by atoms with Gasteiger partial charge in [0.1, 0.15) is 0 Å². The zero-order valence-corrected chi connectivity index (χ0v) is 10.0. The summed E-state index contributed by atoms with van der Waals surface area (Å²) in [5.41, 5.74) is 0. The number of amides is 1. The fourth-order valence-electron chi connectivity index (χ4n) is 1.52. The monoisotopic (exact) mass is 238 g/mol. The second-order valence-corrected chi connectivity index (χ2v) is 4.41. The lowest BCUT2D eigenvalue weighted by molar-refractivity contribution is -0.120. The first kappa shape index (κ1) is 12.0. The molecule has 0 bridgehead atoms. The quantitative estimate of drug-likeness (QED) is 0.701. The molecular formula is C11H18N4O2. The summed E-state index contributed by atoms with van der Waals surface area (Å²) < 4.78 is 4.94. The van der Waals surface area contributed by atoms with Crippen molar-refractivity contribution in [3.8, 4) is 0 Å². The van der Waals surface area contributed by atoms with Crippen LogP contribution in [-0.4, -0.2) is 35.7 Å². The highest BCUT2D eigenvalue weighted by Gasteiger charge is 2.20. The minimum absolute atomic E-state index is 0.0156. The molecule has 0 aromatic carbocycles. The van der Waals surface area contributed by atoms with Crippen molar-refractivity contribution in [1.29, 1.82) is 0 Å². The SMILES string of the molecule is Cc1noc(CCNC(=O)CNCC2CC2)n1. The van der Waals surface area contributed by atoms with Crippen LogP contribution < -0.4 is 10.6 Å². The highest BCUT2D eigenvalue weighted by atomic mass is 16.5. The summed E-state index contributed by atoms with van der Waals surface area (Å²) in [4.78, 5) is 15.5. The number of carbonyl (C=O) groups is 1. The second-order valence-electron chi connectivity index (χ2n) is 4.41. The number of aryl methyl sites for hydroxylation is 1. The number of hydrogen-bond acceptors (Lipinski definition) is 5. The summed E-state index contributed by atoms with van der Waals surface area (Å²) in [5.74, 6) is 2.00. The first-order chi connectivity index (χ1) is 8.24. The first-order valence-electron chi connectivity index (χ1n) is 6.00. The maximum Gasteiger partial charge on any atom is 0.233 e. The van der Waals surface area contributed by atoms with Gasteiger partial charge in [-0.15, -0.1) is 0 Å². The molecule has 94 valence electrons. The Labute approximate surface area is 100 Å². The predicted octanol–water partition coefficient (Wildman–Crippen LogP) is 0.0363. The van der Waals surface area contributed by atoms with Gasteiger partial charge in [0.25, 0.3) is 0 Å². The molecule has 6 nitrogen and oxygen atoms in total. The van der Waals surface area contributed by atoms with Crippen molar-refractivity contribution in [2.75, 3.05) is 19.6 Å². The van der Waals surface area contributed by atoms with Gasteiger partial charge in [0, 0.05) is 13.0 Å². The molecule has 0 unspecified atom stereocenters. The molecule has 0 spiro atoms. The summed E-state index contributed by atoms with van der Waals surface area (Å²) in [6, 6.07) is 0. The molecule has 1 heterocycles. The van der Waals surface area contributed by atoms with Gasteiger partial charge in [-0.25, -0.2) is 0 Å². The van der Waals surface area contributed by atoms with E-state index in [1.54, 1.807) is 6.92 Å². The third-order valence-electron chi connectivity index (χ3n) is 2.65. The van der Waals surface area contributed by atoms with Crippen LogP contribution in [0.25, 0.3) is 0 Å². The summed E-state index contributed by atoms with van der Waals surface area (Å²) in [5, 5.41) is 9.62. The van der Waals surface area contributed by atoms with Gasteiger partial charge in [0.2, 0.25) is 11.8 Å². The number of hydrogen-bond donors (Lipinski definition) is 2. The number of nitrogens with one attached hydrogen (secondary N) is 2. The lowest BCUT2D eigenvalue weighted by Gasteiger charge is -2.04. The molecule has 2 N–H and O–H groups in total. The molecule has 0 aliphatic heterocycles. The Balaban J connectivity index is 1.53. The van der Waals surface area contributed by atoms with Crippen LogP contribution in [0, 0.1) is 12.8 Å². The van der Waals surface area contributed by atoms with Gasteiger partial charge in [0.15, 0.2) is 5.82 Å². The van der Waals surface area contributed by atoms with Crippen molar-refractivity contribution in [3.05, 3.63) is 11.7 Å². The van der Waals surface area contributed by atoms with E-state index >= 15 is 0 Å². The summed E-state index contributed by atoms with van der Waals surface area (Å²) >= 11 is 0. The van der Waals surface area contributed by atoms with Crippen LogP contribution in [0.1, 0.15) is 24.6 Å². The van der Waals surface area contributed by atoms with Gasteiger partial charge in [0.05, 0.1) is 6.54 Å². The molecular weight excluding hydrogens is 220 g/mol. The van der Waals surface area contributed by atoms with E-state index in [1.807, 2.05) is 0 Å². The van der Waals surface area contributed by atoms with Gasteiger partial charge >= 0.3 is 0 Å². The lowest BCUT2D eigenvalue weighted by atomic mass is 10.4. The molecule has 6 heteroatoms. The predicted molar refractivity (Wildman–Crippen MR) is 61.3 cm³/mol. The van der Waals surface area contributed by atoms with E-state index in [1.165, 1.54) is 12.8 Å². The zero-order valence-electron chi connectivity index (χ0n) is 10.0. The van der Waals surface area contributed by atoms with E-state index in [0.717, 1.165) is 12.5 Å². The van der Waals surface area contributed by atoms with Crippen LogP contribution in [-0.2, 0) is 11.2 Å².